The van der Waals surface area contributed by atoms with E-state index in [1.807, 2.05) is 36.6 Å². The van der Waals surface area contributed by atoms with Crippen molar-refractivity contribution in [1.29, 1.82) is 0 Å². The van der Waals surface area contributed by atoms with Crippen LogP contribution in [0.4, 0.5) is 0 Å². The second kappa shape index (κ2) is 6.71. The number of carbonyl (C=O) groups excluding carboxylic acids is 1. The van der Waals surface area contributed by atoms with Crippen molar-refractivity contribution in [2.45, 2.75) is 11.5 Å². The third-order valence-electron chi connectivity index (χ3n) is 3.50. The maximum Gasteiger partial charge on any atom is 0.339 e. The Labute approximate surface area is 137 Å². The van der Waals surface area contributed by atoms with Crippen molar-refractivity contribution in [2.24, 2.45) is 0 Å². The fourth-order valence-electron chi connectivity index (χ4n) is 2.32. The van der Waals surface area contributed by atoms with E-state index in [2.05, 4.69) is 4.98 Å². The summed E-state index contributed by atoms with van der Waals surface area (Å²) in [6.45, 7) is 0.175. The highest BCUT2D eigenvalue weighted by atomic mass is 32.2. The molecule has 0 bridgehead atoms. The number of thioether (sulfide) groups is 1. The van der Waals surface area contributed by atoms with Crippen LogP contribution in [0, 0.1) is 0 Å². The number of hydrogen-bond acceptors (Lipinski definition) is 4. The van der Waals surface area contributed by atoms with E-state index in [-0.39, 0.29) is 17.7 Å². The number of aromatic amines is 1. The van der Waals surface area contributed by atoms with Gasteiger partial charge in [-0.15, -0.1) is 11.8 Å². The van der Waals surface area contributed by atoms with Crippen LogP contribution in [0.2, 0.25) is 0 Å². The van der Waals surface area contributed by atoms with Crippen molar-refractivity contribution in [3.63, 3.8) is 0 Å². The predicted molar refractivity (Wildman–Crippen MR) is 91.9 cm³/mol. The lowest BCUT2D eigenvalue weighted by molar-refractivity contribution is 0.0475. The van der Waals surface area contributed by atoms with Gasteiger partial charge in [-0.1, -0.05) is 30.3 Å². The highest BCUT2D eigenvalue weighted by Crippen LogP contribution is 2.18. The number of nitrogens with one attached hydrogen (secondary N) is 1. The number of para-hydroxylation sites is 1. The molecular formula is C18H15NO3S. The number of benzene rings is 2. The fraction of sp³-hybridized carbons (Fsp3) is 0.111. The van der Waals surface area contributed by atoms with Gasteiger partial charge >= 0.3 is 5.97 Å². The third kappa shape index (κ3) is 3.46. The SMILES string of the molecule is CSc1ccc(COC(=O)c2cc(=O)[nH]c3ccccc23)cc1. The normalized spacial score (nSPS) is 10.7. The maximum absolute atomic E-state index is 12.3. The predicted octanol–water partition coefficient (Wildman–Crippen LogP) is 3.61. The van der Waals surface area contributed by atoms with Crippen LogP contribution in [0.1, 0.15) is 15.9 Å². The van der Waals surface area contributed by atoms with Crippen LogP contribution >= 0.6 is 11.8 Å². The highest BCUT2D eigenvalue weighted by Gasteiger charge is 2.13. The molecule has 116 valence electrons. The fourth-order valence-corrected chi connectivity index (χ4v) is 2.73. The summed E-state index contributed by atoms with van der Waals surface area (Å²) >= 11 is 1.66. The Morgan fingerprint density at radius 1 is 1.13 bits per heavy atom. The number of aromatic nitrogens is 1. The topological polar surface area (TPSA) is 59.2 Å². The molecule has 0 unspecified atom stereocenters. The molecule has 0 amide bonds. The van der Waals surface area contributed by atoms with E-state index in [1.54, 1.807) is 30.0 Å². The van der Waals surface area contributed by atoms with Crippen LogP contribution in [-0.4, -0.2) is 17.2 Å². The number of H-pyrrole nitrogens is 1. The Bertz CT molecular complexity index is 900. The Morgan fingerprint density at radius 3 is 2.61 bits per heavy atom. The highest BCUT2D eigenvalue weighted by molar-refractivity contribution is 7.98. The van der Waals surface area contributed by atoms with Gasteiger partial charge in [-0.2, -0.15) is 0 Å². The molecule has 1 heterocycles. The zero-order valence-corrected chi connectivity index (χ0v) is 13.4. The Hall–Kier alpha value is -2.53. The molecule has 0 aliphatic carbocycles. The van der Waals surface area contributed by atoms with Gasteiger partial charge in [0.1, 0.15) is 6.61 Å². The van der Waals surface area contributed by atoms with Crippen molar-refractivity contribution in [3.8, 4) is 0 Å². The van der Waals surface area contributed by atoms with Crippen molar-refractivity contribution in [1.82, 2.24) is 4.98 Å². The first kappa shape index (κ1) is 15.4. The monoisotopic (exact) mass is 325 g/mol. The third-order valence-corrected chi connectivity index (χ3v) is 4.24. The molecule has 23 heavy (non-hydrogen) atoms. The lowest BCUT2D eigenvalue weighted by Gasteiger charge is -2.08. The van der Waals surface area contributed by atoms with Crippen LogP contribution in [0.3, 0.4) is 0 Å². The lowest BCUT2D eigenvalue weighted by atomic mass is 10.1. The van der Waals surface area contributed by atoms with Crippen LogP contribution in [0.5, 0.6) is 0 Å². The number of carbonyl (C=O) groups is 1. The molecular weight excluding hydrogens is 310 g/mol. The van der Waals surface area contributed by atoms with E-state index in [1.165, 1.54) is 6.07 Å². The zero-order chi connectivity index (χ0) is 16.2. The second-order valence-electron chi connectivity index (χ2n) is 5.02. The minimum absolute atomic E-state index is 0.175. The van der Waals surface area contributed by atoms with E-state index in [0.717, 1.165) is 10.5 Å². The number of ether oxygens (including phenoxy) is 1. The van der Waals surface area contributed by atoms with Gasteiger partial charge in [0, 0.05) is 21.9 Å². The molecule has 0 saturated carbocycles. The van der Waals surface area contributed by atoms with Crippen molar-refractivity contribution in [2.75, 3.05) is 6.26 Å². The lowest BCUT2D eigenvalue weighted by Crippen LogP contribution is -2.12. The molecule has 2 aromatic carbocycles. The number of hydrogen-bond donors (Lipinski definition) is 1. The molecule has 1 aromatic heterocycles. The van der Waals surface area contributed by atoms with Crippen molar-refractivity contribution < 1.29 is 9.53 Å². The molecule has 3 aromatic rings. The summed E-state index contributed by atoms with van der Waals surface area (Å²) in [5, 5.41) is 0.676. The van der Waals surface area contributed by atoms with Gasteiger partial charge in [-0.3, -0.25) is 4.79 Å². The molecule has 0 saturated heterocycles. The molecule has 0 fully saturated rings. The van der Waals surface area contributed by atoms with E-state index in [4.69, 9.17) is 4.74 Å². The van der Waals surface area contributed by atoms with E-state index in [0.29, 0.717) is 10.9 Å². The number of esters is 1. The first-order valence-corrected chi connectivity index (χ1v) is 8.32. The summed E-state index contributed by atoms with van der Waals surface area (Å²) in [6, 6.07) is 16.3. The van der Waals surface area contributed by atoms with Crippen LogP contribution in [-0.2, 0) is 11.3 Å². The summed E-state index contributed by atoms with van der Waals surface area (Å²) in [5.74, 6) is -0.499. The summed E-state index contributed by atoms with van der Waals surface area (Å²) in [7, 11) is 0. The average Bonchev–Trinajstić information content (AvgIpc) is 2.59. The van der Waals surface area contributed by atoms with Gasteiger partial charge in [-0.25, -0.2) is 4.79 Å². The van der Waals surface area contributed by atoms with Gasteiger partial charge < -0.3 is 9.72 Å². The Kier molecular flexibility index (Phi) is 4.48. The molecule has 4 nitrogen and oxygen atoms in total. The molecule has 1 N–H and O–H groups in total. The minimum Gasteiger partial charge on any atom is -0.457 e. The smallest absolute Gasteiger partial charge is 0.339 e. The quantitative estimate of drug-likeness (QED) is 0.588. The Balaban J connectivity index is 1.81. The first-order valence-electron chi connectivity index (χ1n) is 7.09. The van der Waals surface area contributed by atoms with Gasteiger partial charge in [0.25, 0.3) is 0 Å². The van der Waals surface area contributed by atoms with Crippen LogP contribution in [0.25, 0.3) is 10.9 Å². The van der Waals surface area contributed by atoms with Crippen molar-refractivity contribution >= 4 is 28.6 Å². The number of rotatable bonds is 4. The van der Waals surface area contributed by atoms with Crippen LogP contribution in [0.15, 0.2) is 64.3 Å². The van der Waals surface area contributed by atoms with Gasteiger partial charge in [0.2, 0.25) is 5.56 Å². The minimum atomic E-state index is -0.499. The molecule has 0 atom stereocenters. The molecule has 0 radical (unpaired) electrons. The van der Waals surface area contributed by atoms with Crippen molar-refractivity contribution in [3.05, 3.63) is 76.1 Å². The maximum atomic E-state index is 12.3. The first-order chi connectivity index (χ1) is 11.2. The second-order valence-corrected chi connectivity index (χ2v) is 5.90. The van der Waals surface area contributed by atoms with Crippen LogP contribution < -0.4 is 5.56 Å². The van der Waals surface area contributed by atoms with Gasteiger partial charge in [0.15, 0.2) is 0 Å². The molecule has 3 rings (SSSR count). The standard InChI is InChI=1S/C18H15NO3S/c1-23-13-8-6-12(7-9-13)11-22-18(21)15-10-17(20)19-16-5-3-2-4-14(15)16/h2-10H,11H2,1H3,(H,19,20). The summed E-state index contributed by atoms with van der Waals surface area (Å²) < 4.78 is 5.35. The Morgan fingerprint density at radius 2 is 1.87 bits per heavy atom. The largest absolute Gasteiger partial charge is 0.457 e. The summed E-state index contributed by atoms with van der Waals surface area (Å²) in [5.41, 5.74) is 1.49. The molecule has 5 heteroatoms. The number of pyridine rings is 1. The molecule has 0 spiro atoms. The summed E-state index contributed by atoms with van der Waals surface area (Å²) in [4.78, 5) is 27.9. The zero-order valence-electron chi connectivity index (χ0n) is 12.5. The molecule has 0 aliphatic rings. The van der Waals surface area contributed by atoms with Gasteiger partial charge in [0.05, 0.1) is 5.56 Å². The average molecular weight is 325 g/mol. The van der Waals surface area contributed by atoms with E-state index >= 15 is 0 Å². The van der Waals surface area contributed by atoms with E-state index in [9.17, 15) is 9.59 Å². The summed E-state index contributed by atoms with van der Waals surface area (Å²) in [6.07, 6.45) is 2.01. The van der Waals surface area contributed by atoms with Gasteiger partial charge in [-0.05, 0) is 30.0 Å². The number of fused-ring (bicyclic) bond motifs is 1. The molecule has 0 aliphatic heterocycles. The van der Waals surface area contributed by atoms with E-state index < -0.39 is 5.97 Å².